The molecule has 3 aromatic rings. The lowest BCUT2D eigenvalue weighted by atomic mass is 9.82. The number of allylic oxidation sites excluding steroid dienone is 4. The summed E-state index contributed by atoms with van der Waals surface area (Å²) in [4.78, 5) is 47.4. The Morgan fingerprint density at radius 1 is 1.04 bits per heavy atom. The van der Waals surface area contributed by atoms with Crippen LogP contribution in [-0.4, -0.2) is 121 Å². The molecule has 0 spiro atoms. The Kier molecular flexibility index (Phi) is 13.4. The van der Waals surface area contributed by atoms with E-state index in [9.17, 15) is 19.8 Å². The van der Waals surface area contributed by atoms with Gasteiger partial charge in [-0.2, -0.15) is 0 Å². The zero-order chi connectivity index (χ0) is 49.1. The van der Waals surface area contributed by atoms with Gasteiger partial charge in [0.25, 0.3) is 5.92 Å². The van der Waals surface area contributed by atoms with Crippen molar-refractivity contribution in [3.63, 3.8) is 0 Å². The van der Waals surface area contributed by atoms with Crippen LogP contribution in [0.25, 0.3) is 17.0 Å². The summed E-state index contributed by atoms with van der Waals surface area (Å²) in [6.45, 7) is 8.75. The number of hydrogen-bond donors (Lipinski definition) is 6. The van der Waals surface area contributed by atoms with Gasteiger partial charge in [0.15, 0.2) is 0 Å². The van der Waals surface area contributed by atoms with Gasteiger partial charge in [0, 0.05) is 60.3 Å². The summed E-state index contributed by atoms with van der Waals surface area (Å²) in [5, 5.41) is 27.2. The summed E-state index contributed by atoms with van der Waals surface area (Å²) < 4.78 is 64.8. The minimum absolute atomic E-state index is 0.0727. The highest BCUT2D eigenvalue weighted by atomic mass is 19.3. The molecular weight excluding hydrogens is 896 g/mol. The topological polar surface area (TPSA) is 193 Å². The molecule has 5 unspecified atom stereocenters. The zero-order valence-electron chi connectivity index (χ0n) is 40.1. The summed E-state index contributed by atoms with van der Waals surface area (Å²) in [6.07, 6.45) is 11.5. The normalized spacial score (nSPS) is 27.1. The monoisotopic (exact) mass is 959 g/mol. The first-order valence-corrected chi connectivity index (χ1v) is 24.0. The number of benzene rings is 1. The van der Waals surface area contributed by atoms with Crippen molar-refractivity contribution in [1.82, 2.24) is 45.3 Å². The van der Waals surface area contributed by atoms with Gasteiger partial charge in [-0.3, -0.25) is 15.0 Å². The number of nitrogens with zero attached hydrogens (tertiary/aromatic N) is 5. The number of fused-ring (bicyclic) bond motifs is 5. The van der Waals surface area contributed by atoms with Crippen LogP contribution in [0.2, 0.25) is 0 Å². The number of alkyl carbamates (subject to hydrolysis) is 1. The predicted molar refractivity (Wildman–Crippen MR) is 249 cm³/mol. The molecule has 6 heterocycles. The summed E-state index contributed by atoms with van der Waals surface area (Å²) in [5.41, 5.74) is 3.43. The second-order valence-corrected chi connectivity index (χ2v) is 20.1. The Labute approximate surface area is 400 Å². The largest absolute Gasteiger partial charge is 0.465 e. The maximum absolute atomic E-state index is 17.4. The Morgan fingerprint density at radius 3 is 2.55 bits per heavy atom. The number of methoxy groups -OCH3 is 2. The van der Waals surface area contributed by atoms with E-state index in [1.807, 2.05) is 54.0 Å². The Hall–Kier alpha value is -5.47. The number of amides is 2. The lowest BCUT2D eigenvalue weighted by molar-refractivity contribution is -0.148. The maximum atomic E-state index is 17.4. The average molecular weight is 960 g/mol. The molecule has 0 radical (unpaired) electrons. The summed E-state index contributed by atoms with van der Waals surface area (Å²) >= 11 is 0. The third kappa shape index (κ3) is 9.00. The summed E-state index contributed by atoms with van der Waals surface area (Å²) in [5.74, 6) is -3.99. The van der Waals surface area contributed by atoms with Gasteiger partial charge >= 0.3 is 6.09 Å². The third-order valence-corrected chi connectivity index (χ3v) is 14.8. The molecule has 1 aromatic carbocycles. The van der Waals surface area contributed by atoms with E-state index in [2.05, 4.69) is 37.7 Å². The molecule has 16 nitrogen and oxygen atoms in total. The first kappa shape index (κ1) is 48.5. The van der Waals surface area contributed by atoms with Gasteiger partial charge in [-0.05, 0) is 69.4 Å². The van der Waals surface area contributed by atoms with E-state index in [0.29, 0.717) is 47.9 Å². The van der Waals surface area contributed by atoms with Gasteiger partial charge in [0.1, 0.15) is 35.0 Å². The van der Waals surface area contributed by atoms with E-state index >= 15 is 13.2 Å². The number of carbonyl (C=O) groups is 2. The molecule has 9 atom stereocenters. The van der Waals surface area contributed by atoms with Gasteiger partial charge in [-0.1, -0.05) is 58.1 Å². The maximum Gasteiger partial charge on any atom is 0.407 e. The fraction of sp³-hybridized carbons (Fsp3) is 0.560. The predicted octanol–water partition coefficient (Wildman–Crippen LogP) is 7.28. The Morgan fingerprint density at radius 2 is 1.84 bits per heavy atom. The van der Waals surface area contributed by atoms with Crippen molar-refractivity contribution in [1.29, 1.82) is 0 Å². The quantitative estimate of drug-likeness (QED) is 0.0887. The fourth-order valence-electron chi connectivity index (χ4n) is 11.2. The van der Waals surface area contributed by atoms with Gasteiger partial charge < -0.3 is 49.5 Å². The number of imidazole rings is 2. The number of aromatic amines is 2. The highest BCUT2D eigenvalue weighted by Crippen LogP contribution is 2.56. The van der Waals surface area contributed by atoms with Gasteiger partial charge in [-0.25, -0.2) is 27.9 Å². The minimum atomic E-state index is -3.20. The third-order valence-electron chi connectivity index (χ3n) is 14.8. The molecular formula is C50H64F3N9O7. The Balaban J connectivity index is 0.986. The molecule has 6 N–H and O–H groups in total. The molecule has 2 aromatic heterocycles. The number of aromatic nitrogens is 4. The van der Waals surface area contributed by atoms with E-state index in [-0.39, 0.29) is 35.4 Å². The molecule has 69 heavy (non-hydrogen) atoms. The second-order valence-electron chi connectivity index (χ2n) is 20.1. The average Bonchev–Trinajstić information content (AvgIpc) is 4.19. The number of likely N-dealkylation sites (tertiary alicyclic amines) is 2. The van der Waals surface area contributed by atoms with Gasteiger partial charge in [0.2, 0.25) is 18.5 Å². The molecule has 2 amide bonds. The molecule has 9 rings (SSSR count). The Bertz CT molecular complexity index is 2560. The molecule has 2 aliphatic carbocycles. The van der Waals surface area contributed by atoms with Crippen LogP contribution in [-0.2, 0) is 19.8 Å². The molecule has 0 bridgehead atoms. The fourth-order valence-corrected chi connectivity index (χ4v) is 11.2. The van der Waals surface area contributed by atoms with Gasteiger partial charge in [0.05, 0.1) is 55.3 Å². The lowest BCUT2D eigenvalue weighted by Crippen LogP contribution is -2.56. The van der Waals surface area contributed by atoms with E-state index in [0.717, 1.165) is 53.1 Å². The van der Waals surface area contributed by atoms with E-state index in [1.165, 1.54) is 14.2 Å². The van der Waals surface area contributed by atoms with E-state index in [1.54, 1.807) is 33.2 Å². The highest BCUT2D eigenvalue weighted by Gasteiger charge is 2.58. The number of ether oxygens (including phenoxy) is 3. The number of aliphatic hydroxyl groups excluding tert-OH is 2. The number of H-pyrrole nitrogens is 2. The van der Waals surface area contributed by atoms with Crippen molar-refractivity contribution in [2.45, 2.75) is 134 Å². The van der Waals surface area contributed by atoms with Crippen LogP contribution in [0.3, 0.4) is 0 Å². The summed E-state index contributed by atoms with van der Waals surface area (Å²) in [7, 11) is 2.56. The molecule has 4 aliphatic heterocycles. The number of nitrogens with one attached hydrogen (secondary N) is 4. The van der Waals surface area contributed by atoms with Gasteiger partial charge in [-0.15, -0.1) is 0 Å². The molecule has 19 heteroatoms. The van der Waals surface area contributed by atoms with Crippen LogP contribution in [0.15, 0.2) is 72.0 Å². The van der Waals surface area contributed by atoms with Crippen molar-refractivity contribution in [3.05, 3.63) is 94.9 Å². The highest BCUT2D eigenvalue weighted by molar-refractivity contribution is 5.84. The molecule has 6 aliphatic rings. The van der Waals surface area contributed by atoms with E-state index in [4.69, 9.17) is 19.2 Å². The number of hydrogen-bond acceptors (Lipinski definition) is 12. The standard InChI is InChI=1S/C50H64F3N9O7/c1-26(2)39(58-47(65)67-6)43(63)60-19-11-14-36(60)42-54-22-33(56-42)30-15-17-31-37(21-30)69-45(28-12-9-8-10-13-28)62-35-18-16-29(20-32(35)38(51)41(31)62)34-23-55-46(57-34)49(5)24-50(52,53)25-61(49)44(64)40(27(3)4)59-48(66)68-7/h9,12-13,15,17-18,21-23,26-27,29,32,36,39-40,43,45,48,59,63,66H,8,10-11,14,16,19-20,24-25H2,1-7H3,(H,54,56)(H,55,57)(H,58,65)/t29?,32-,36+,39+,40+,43?,45?,48?,49?/m1/s1. The van der Waals surface area contributed by atoms with E-state index < -0.39 is 73.3 Å². The second kappa shape index (κ2) is 19.0. The number of halogens is 3. The molecule has 2 saturated heterocycles. The molecule has 372 valence electrons. The van der Waals surface area contributed by atoms with Crippen molar-refractivity contribution in [3.8, 4) is 17.0 Å². The molecule has 0 saturated carbocycles. The van der Waals surface area contributed by atoms with Crippen LogP contribution in [0, 0.1) is 17.8 Å². The van der Waals surface area contributed by atoms with Crippen LogP contribution >= 0.6 is 0 Å². The number of carbonyl (C=O) groups excluding carboxylic acids is 2. The minimum Gasteiger partial charge on any atom is -0.465 e. The number of aliphatic hydroxyl groups is 2. The van der Waals surface area contributed by atoms with Crippen molar-refractivity contribution in [2.75, 3.05) is 27.3 Å². The SMILES string of the molecule is COC(=O)N[C@@H](C(C)C)C(O)N1CCC[C@H]1c1ncc(-c2ccc3c(c2)OC(C2=CCCC=C2)N2C4=CCC(c5cnc(C6(C)CC(F)(F)CN6C(=O)[C@@H](NC(O)OC)C(C)C)[nH]5)C[C@H]4C(F)=C32)[nH]1. The lowest BCUT2D eigenvalue weighted by Gasteiger charge is -2.40. The zero-order valence-corrected chi connectivity index (χ0v) is 40.1. The van der Waals surface area contributed by atoms with Crippen molar-refractivity contribution < 1.29 is 47.2 Å². The van der Waals surface area contributed by atoms with Crippen LogP contribution in [0.4, 0.5) is 18.0 Å². The van der Waals surface area contributed by atoms with Crippen molar-refractivity contribution in [2.24, 2.45) is 17.8 Å². The number of rotatable bonds is 14. The van der Waals surface area contributed by atoms with Crippen LogP contribution < -0.4 is 15.4 Å². The van der Waals surface area contributed by atoms with Crippen LogP contribution in [0.5, 0.6) is 5.75 Å². The smallest absolute Gasteiger partial charge is 0.407 e. The summed E-state index contributed by atoms with van der Waals surface area (Å²) in [6, 6.07) is 3.89. The first-order chi connectivity index (χ1) is 32.9. The number of alkyl halides is 2. The van der Waals surface area contributed by atoms with Crippen molar-refractivity contribution >= 4 is 17.7 Å². The first-order valence-electron chi connectivity index (χ1n) is 24.0. The molecule has 2 fully saturated rings. The van der Waals surface area contributed by atoms with Crippen LogP contribution in [0.1, 0.15) is 114 Å².